The van der Waals surface area contributed by atoms with E-state index in [4.69, 9.17) is 0 Å². The average Bonchev–Trinajstić information content (AvgIpc) is 3.31. The summed E-state index contributed by atoms with van der Waals surface area (Å²) in [5.41, 5.74) is 8.75. The number of para-hydroxylation sites is 1. The number of hydrogen-bond donors (Lipinski definition) is 2. The first-order valence-electron chi connectivity index (χ1n) is 10.3. The first-order chi connectivity index (χ1) is 14.7. The molecule has 150 valence electrons. The van der Waals surface area contributed by atoms with E-state index in [0.29, 0.717) is 0 Å². The molecule has 2 N–H and O–H groups in total. The molecule has 0 radical (unpaired) electrons. The fraction of sp³-hybridized carbons (Fsp3) is 0.160. The predicted octanol–water partition coefficient (Wildman–Crippen LogP) is 4.73. The molecule has 1 amide bonds. The van der Waals surface area contributed by atoms with Crippen LogP contribution in [0.4, 0.5) is 0 Å². The number of likely N-dealkylation sites (N-methyl/N-ethyl adjacent to an activating group) is 1. The first-order valence-corrected chi connectivity index (χ1v) is 10.3. The lowest BCUT2D eigenvalue weighted by Gasteiger charge is -2.09. The molecule has 0 saturated carbocycles. The van der Waals surface area contributed by atoms with E-state index < -0.39 is 0 Å². The third-order valence-electron chi connectivity index (χ3n) is 5.70. The molecule has 3 aromatic carbocycles. The normalized spacial score (nSPS) is 11.5. The highest BCUT2D eigenvalue weighted by Crippen LogP contribution is 2.33. The summed E-state index contributed by atoms with van der Waals surface area (Å²) in [7, 11) is 1.76. The van der Waals surface area contributed by atoms with Gasteiger partial charge in [0.15, 0.2) is 0 Å². The van der Waals surface area contributed by atoms with Crippen LogP contribution in [0.3, 0.4) is 0 Å². The van der Waals surface area contributed by atoms with Crippen LogP contribution in [0.15, 0.2) is 72.9 Å². The number of benzene rings is 3. The van der Waals surface area contributed by atoms with Crippen LogP contribution in [-0.2, 0) is 11.3 Å². The molecule has 0 aliphatic carbocycles. The summed E-state index contributed by atoms with van der Waals surface area (Å²) in [6, 6.07) is 23.7. The largest absolute Gasteiger partial charge is 0.341 e. The zero-order chi connectivity index (χ0) is 20.7. The van der Waals surface area contributed by atoms with Gasteiger partial charge in [-0.15, -0.1) is 0 Å². The standard InChI is InChI=1S/C25H24N4O/c1-3-28-23-7-5-4-6-20(23)21-10-8-18(15-24(21)28)17-9-11-22-19(14-17)12-13-29(22)27-25(30)16-26-2/h4-15,26H,3,16H2,1-2H3,(H,27,30). The number of nitrogens with zero attached hydrogens (tertiary/aromatic N) is 2. The van der Waals surface area contributed by atoms with Crippen LogP contribution >= 0.6 is 0 Å². The van der Waals surface area contributed by atoms with Gasteiger partial charge in [0.2, 0.25) is 0 Å². The zero-order valence-corrected chi connectivity index (χ0v) is 17.1. The van der Waals surface area contributed by atoms with E-state index in [9.17, 15) is 4.79 Å². The van der Waals surface area contributed by atoms with E-state index in [0.717, 1.165) is 23.0 Å². The quantitative estimate of drug-likeness (QED) is 0.451. The molecule has 0 aliphatic heterocycles. The van der Waals surface area contributed by atoms with Crippen molar-refractivity contribution in [3.8, 4) is 11.1 Å². The van der Waals surface area contributed by atoms with Gasteiger partial charge >= 0.3 is 0 Å². The van der Waals surface area contributed by atoms with E-state index >= 15 is 0 Å². The number of aromatic nitrogens is 2. The van der Waals surface area contributed by atoms with Crippen LogP contribution in [0, 0.1) is 0 Å². The van der Waals surface area contributed by atoms with Gasteiger partial charge in [0, 0.05) is 39.9 Å². The summed E-state index contributed by atoms with van der Waals surface area (Å²) in [6.45, 7) is 3.40. The van der Waals surface area contributed by atoms with Crippen LogP contribution in [-0.4, -0.2) is 28.7 Å². The van der Waals surface area contributed by atoms with Gasteiger partial charge in [-0.05, 0) is 55.4 Å². The van der Waals surface area contributed by atoms with Gasteiger partial charge in [-0.3, -0.25) is 14.9 Å². The molecule has 0 bridgehead atoms. The minimum atomic E-state index is -0.0723. The smallest absolute Gasteiger partial charge is 0.252 e. The fourth-order valence-electron chi connectivity index (χ4n) is 4.32. The molecule has 0 unspecified atom stereocenters. The molecular weight excluding hydrogens is 372 g/mol. The topological polar surface area (TPSA) is 51.0 Å². The summed E-state index contributed by atoms with van der Waals surface area (Å²) >= 11 is 0. The molecule has 0 atom stereocenters. The molecule has 5 heteroatoms. The number of fused-ring (bicyclic) bond motifs is 4. The van der Waals surface area contributed by atoms with Crippen molar-refractivity contribution in [2.75, 3.05) is 19.0 Å². The van der Waals surface area contributed by atoms with Gasteiger partial charge in [-0.2, -0.15) is 0 Å². The molecule has 5 aromatic rings. The highest BCUT2D eigenvalue weighted by Gasteiger charge is 2.11. The Labute approximate surface area is 174 Å². The van der Waals surface area contributed by atoms with Crippen LogP contribution in [0.2, 0.25) is 0 Å². The zero-order valence-electron chi connectivity index (χ0n) is 17.1. The van der Waals surface area contributed by atoms with Crippen molar-refractivity contribution >= 4 is 38.6 Å². The molecule has 30 heavy (non-hydrogen) atoms. The fourth-order valence-corrected chi connectivity index (χ4v) is 4.32. The third kappa shape index (κ3) is 2.95. The number of hydrogen-bond acceptors (Lipinski definition) is 2. The summed E-state index contributed by atoms with van der Waals surface area (Å²) in [5, 5.41) is 6.54. The number of amides is 1. The first kappa shape index (κ1) is 18.5. The lowest BCUT2D eigenvalue weighted by molar-refractivity contribution is -0.116. The monoisotopic (exact) mass is 396 g/mol. The molecule has 5 nitrogen and oxygen atoms in total. The number of aryl methyl sites for hydroxylation is 1. The summed E-state index contributed by atoms with van der Waals surface area (Å²) in [4.78, 5) is 11.9. The van der Waals surface area contributed by atoms with Crippen LogP contribution in [0.1, 0.15) is 6.92 Å². The third-order valence-corrected chi connectivity index (χ3v) is 5.70. The summed E-state index contributed by atoms with van der Waals surface area (Å²) < 4.78 is 4.15. The Hall–Kier alpha value is -3.57. The number of rotatable bonds is 5. The van der Waals surface area contributed by atoms with Crippen LogP contribution in [0.5, 0.6) is 0 Å². The lowest BCUT2D eigenvalue weighted by Crippen LogP contribution is -2.30. The second-order valence-corrected chi connectivity index (χ2v) is 7.52. The molecular formula is C25H24N4O. The van der Waals surface area contributed by atoms with Gasteiger partial charge < -0.3 is 9.88 Å². The maximum atomic E-state index is 11.9. The summed E-state index contributed by atoms with van der Waals surface area (Å²) in [6.07, 6.45) is 1.89. The van der Waals surface area contributed by atoms with E-state index in [1.807, 2.05) is 12.3 Å². The number of nitrogens with one attached hydrogen (secondary N) is 2. The van der Waals surface area contributed by atoms with E-state index in [-0.39, 0.29) is 12.5 Å². The maximum Gasteiger partial charge on any atom is 0.252 e. The number of carbonyl (C=O) groups excluding carboxylic acids is 1. The average molecular weight is 396 g/mol. The van der Waals surface area contributed by atoms with Gasteiger partial charge in [-0.1, -0.05) is 36.4 Å². The SMILES string of the molecule is CCn1c2ccccc2c2ccc(-c3ccc4c(ccn4NC(=O)CNC)c3)cc21. The van der Waals surface area contributed by atoms with Gasteiger partial charge in [-0.25, -0.2) is 0 Å². The molecule has 0 saturated heterocycles. The van der Waals surface area contributed by atoms with Crippen LogP contribution < -0.4 is 10.7 Å². The lowest BCUT2D eigenvalue weighted by atomic mass is 10.0. The highest BCUT2D eigenvalue weighted by molar-refractivity contribution is 6.09. The van der Waals surface area contributed by atoms with E-state index in [1.165, 1.54) is 27.4 Å². The minimum Gasteiger partial charge on any atom is -0.341 e. The molecule has 2 heterocycles. The van der Waals surface area contributed by atoms with Crippen molar-refractivity contribution in [1.29, 1.82) is 0 Å². The van der Waals surface area contributed by atoms with Crippen molar-refractivity contribution in [3.63, 3.8) is 0 Å². The van der Waals surface area contributed by atoms with E-state index in [1.54, 1.807) is 11.7 Å². The molecule has 5 rings (SSSR count). The molecule has 0 fully saturated rings. The molecule has 0 spiro atoms. The Kier molecular flexibility index (Phi) is 4.52. The Morgan fingerprint density at radius 3 is 2.47 bits per heavy atom. The minimum absolute atomic E-state index is 0.0723. The van der Waals surface area contributed by atoms with Crippen molar-refractivity contribution < 1.29 is 4.79 Å². The Morgan fingerprint density at radius 1 is 0.867 bits per heavy atom. The van der Waals surface area contributed by atoms with E-state index in [2.05, 4.69) is 82.9 Å². The molecule has 0 aliphatic rings. The summed E-state index contributed by atoms with van der Waals surface area (Å²) in [5.74, 6) is -0.0723. The van der Waals surface area contributed by atoms with Crippen molar-refractivity contribution in [2.45, 2.75) is 13.5 Å². The van der Waals surface area contributed by atoms with Gasteiger partial charge in [0.05, 0.1) is 12.1 Å². The Bertz CT molecular complexity index is 1390. The second kappa shape index (κ2) is 7.35. The number of carbonyl (C=O) groups is 1. The Balaban J connectivity index is 1.58. The predicted molar refractivity (Wildman–Crippen MR) is 124 cm³/mol. The second-order valence-electron chi connectivity index (χ2n) is 7.52. The Morgan fingerprint density at radius 2 is 1.63 bits per heavy atom. The van der Waals surface area contributed by atoms with Crippen molar-refractivity contribution in [3.05, 3.63) is 72.9 Å². The van der Waals surface area contributed by atoms with Crippen molar-refractivity contribution in [1.82, 2.24) is 14.6 Å². The van der Waals surface area contributed by atoms with Crippen LogP contribution in [0.25, 0.3) is 43.8 Å². The van der Waals surface area contributed by atoms with Crippen molar-refractivity contribution in [2.24, 2.45) is 0 Å². The van der Waals surface area contributed by atoms with Gasteiger partial charge in [0.25, 0.3) is 5.91 Å². The molecule has 2 aromatic heterocycles. The maximum absolute atomic E-state index is 11.9. The highest BCUT2D eigenvalue weighted by atomic mass is 16.2. The van der Waals surface area contributed by atoms with Gasteiger partial charge in [0.1, 0.15) is 0 Å².